The molecule has 2 aromatic carbocycles. The van der Waals surface area contributed by atoms with Gasteiger partial charge < -0.3 is 4.74 Å². The van der Waals surface area contributed by atoms with Crippen molar-refractivity contribution in [2.75, 3.05) is 11.8 Å². The minimum absolute atomic E-state index is 0.120. The molecule has 3 aromatic rings. The van der Waals surface area contributed by atoms with Crippen LogP contribution in [0.25, 0.3) is 11.3 Å². The number of hydrogen-bond acceptors (Lipinski definition) is 5. The summed E-state index contributed by atoms with van der Waals surface area (Å²) < 4.78 is 33.2. The summed E-state index contributed by atoms with van der Waals surface area (Å²) in [6, 6.07) is 18.9. The minimum atomic E-state index is -3.84. The van der Waals surface area contributed by atoms with E-state index in [4.69, 9.17) is 4.74 Å². The Hall–Kier alpha value is -3.37. The monoisotopic (exact) mass is 379 g/mol. The molecular weight excluding hydrogens is 362 g/mol. The van der Waals surface area contributed by atoms with E-state index in [9.17, 15) is 13.7 Å². The first-order valence-electron chi connectivity index (χ1n) is 8.08. The number of sulfonamides is 1. The Kier molecular flexibility index (Phi) is 5.10. The Labute approximate surface area is 158 Å². The number of benzene rings is 2. The molecule has 0 radical (unpaired) electrons. The second-order valence-corrected chi connectivity index (χ2v) is 7.52. The fraction of sp³-hybridized carbons (Fsp3) is 0.100. The molecule has 0 atom stereocenters. The van der Waals surface area contributed by atoms with E-state index in [1.54, 1.807) is 18.2 Å². The van der Waals surface area contributed by atoms with E-state index in [0.29, 0.717) is 11.3 Å². The lowest BCUT2D eigenvalue weighted by Gasteiger charge is -2.14. The number of aryl methyl sites for hydroxylation is 1. The molecule has 1 N–H and O–H groups in total. The second-order valence-electron chi connectivity index (χ2n) is 5.84. The number of nitrogens with one attached hydrogen (secondary N) is 1. The summed E-state index contributed by atoms with van der Waals surface area (Å²) in [4.78, 5) is 4.49. The number of ether oxygens (including phenoxy) is 1. The van der Waals surface area contributed by atoms with Crippen molar-refractivity contribution in [3.05, 3.63) is 71.8 Å². The third-order valence-corrected chi connectivity index (χ3v) is 5.31. The van der Waals surface area contributed by atoms with Crippen molar-refractivity contribution in [3.8, 4) is 23.2 Å². The van der Waals surface area contributed by atoms with E-state index in [-0.39, 0.29) is 22.0 Å². The highest BCUT2D eigenvalue weighted by Gasteiger charge is 2.20. The molecule has 0 saturated carbocycles. The molecule has 0 spiro atoms. The number of aromatic nitrogens is 1. The van der Waals surface area contributed by atoms with Crippen LogP contribution in [-0.4, -0.2) is 20.5 Å². The largest absolute Gasteiger partial charge is 0.480 e. The van der Waals surface area contributed by atoms with Crippen LogP contribution < -0.4 is 9.46 Å². The number of methoxy groups -OCH3 is 1. The van der Waals surface area contributed by atoms with Gasteiger partial charge in [0.25, 0.3) is 10.0 Å². The molecule has 0 bridgehead atoms. The van der Waals surface area contributed by atoms with Gasteiger partial charge in [0.05, 0.1) is 23.4 Å². The average molecular weight is 379 g/mol. The van der Waals surface area contributed by atoms with Crippen LogP contribution in [0.15, 0.2) is 65.6 Å². The fourth-order valence-corrected chi connectivity index (χ4v) is 3.62. The molecule has 0 amide bonds. The molecule has 7 heteroatoms. The van der Waals surface area contributed by atoms with E-state index in [1.165, 1.54) is 25.3 Å². The fourth-order valence-electron chi connectivity index (χ4n) is 2.54. The molecule has 0 saturated heterocycles. The Bertz CT molecular complexity index is 1100. The van der Waals surface area contributed by atoms with Crippen LogP contribution in [0.2, 0.25) is 0 Å². The highest BCUT2D eigenvalue weighted by molar-refractivity contribution is 7.92. The average Bonchev–Trinajstić information content (AvgIpc) is 2.69. The van der Waals surface area contributed by atoms with E-state index >= 15 is 0 Å². The first-order chi connectivity index (χ1) is 12.9. The molecule has 0 aliphatic rings. The molecule has 3 rings (SSSR count). The van der Waals surface area contributed by atoms with Gasteiger partial charge >= 0.3 is 0 Å². The van der Waals surface area contributed by atoms with Crippen molar-refractivity contribution < 1.29 is 13.2 Å². The van der Waals surface area contributed by atoms with Gasteiger partial charge in [-0.2, -0.15) is 5.26 Å². The molecule has 6 nitrogen and oxygen atoms in total. The SMILES string of the molecule is COc1nc(-c2ccc(C)cc2)c(NS(=O)(=O)c2ccccc2)cc1C#N. The quantitative estimate of drug-likeness (QED) is 0.729. The van der Waals surface area contributed by atoms with Gasteiger partial charge in [0.1, 0.15) is 11.6 Å². The first-order valence-corrected chi connectivity index (χ1v) is 9.57. The van der Waals surface area contributed by atoms with Crippen LogP contribution in [0.3, 0.4) is 0 Å². The maximum absolute atomic E-state index is 12.7. The van der Waals surface area contributed by atoms with Crippen molar-refractivity contribution in [2.45, 2.75) is 11.8 Å². The summed E-state index contributed by atoms with van der Waals surface area (Å²) in [5.41, 5.74) is 2.49. The van der Waals surface area contributed by atoms with Crippen LogP contribution in [0.4, 0.5) is 5.69 Å². The second kappa shape index (κ2) is 7.48. The lowest BCUT2D eigenvalue weighted by Crippen LogP contribution is -2.14. The van der Waals surface area contributed by atoms with E-state index < -0.39 is 10.0 Å². The number of pyridine rings is 1. The lowest BCUT2D eigenvalue weighted by atomic mass is 10.1. The molecule has 1 aromatic heterocycles. The normalized spacial score (nSPS) is 10.9. The summed E-state index contributed by atoms with van der Waals surface area (Å²) in [5, 5.41) is 9.34. The zero-order chi connectivity index (χ0) is 19.4. The third kappa shape index (κ3) is 3.91. The van der Waals surface area contributed by atoms with Crippen LogP contribution in [0.1, 0.15) is 11.1 Å². The van der Waals surface area contributed by atoms with Gasteiger partial charge in [-0.1, -0.05) is 48.0 Å². The highest BCUT2D eigenvalue weighted by atomic mass is 32.2. The maximum atomic E-state index is 12.7. The van der Waals surface area contributed by atoms with Crippen molar-refractivity contribution in [1.29, 1.82) is 5.26 Å². The number of nitrogens with zero attached hydrogens (tertiary/aromatic N) is 2. The molecule has 0 unspecified atom stereocenters. The molecule has 136 valence electrons. The first kappa shape index (κ1) is 18.4. The Morgan fingerprint density at radius 2 is 1.74 bits per heavy atom. The smallest absolute Gasteiger partial charge is 0.261 e. The van der Waals surface area contributed by atoms with Gasteiger partial charge in [-0.05, 0) is 25.1 Å². The molecular formula is C20H17N3O3S. The molecule has 0 aliphatic carbocycles. The summed E-state index contributed by atoms with van der Waals surface area (Å²) in [5.74, 6) is 0.135. The third-order valence-electron chi connectivity index (χ3n) is 3.92. The van der Waals surface area contributed by atoms with Crippen molar-refractivity contribution >= 4 is 15.7 Å². The Balaban J connectivity index is 2.16. The van der Waals surface area contributed by atoms with E-state index in [1.807, 2.05) is 37.3 Å². The highest BCUT2D eigenvalue weighted by Crippen LogP contribution is 2.32. The van der Waals surface area contributed by atoms with E-state index in [2.05, 4.69) is 9.71 Å². The Morgan fingerprint density at radius 3 is 2.33 bits per heavy atom. The van der Waals surface area contributed by atoms with Crippen LogP contribution in [0, 0.1) is 18.3 Å². The van der Waals surface area contributed by atoms with Crippen molar-refractivity contribution in [2.24, 2.45) is 0 Å². The standard InChI is InChI=1S/C20H17N3O3S/c1-14-8-10-15(11-9-14)19-18(12-16(13-21)20(22-19)26-2)23-27(24,25)17-6-4-3-5-7-17/h3-12,23H,1-2H3. The van der Waals surface area contributed by atoms with E-state index in [0.717, 1.165) is 5.56 Å². The number of hydrogen-bond donors (Lipinski definition) is 1. The maximum Gasteiger partial charge on any atom is 0.261 e. The predicted molar refractivity (Wildman–Crippen MR) is 103 cm³/mol. The zero-order valence-electron chi connectivity index (χ0n) is 14.8. The van der Waals surface area contributed by atoms with Gasteiger partial charge in [0.15, 0.2) is 0 Å². The van der Waals surface area contributed by atoms with Gasteiger partial charge in [-0.3, -0.25) is 4.72 Å². The molecule has 0 fully saturated rings. The van der Waals surface area contributed by atoms with Gasteiger partial charge in [-0.25, -0.2) is 13.4 Å². The number of rotatable bonds is 5. The predicted octanol–water partition coefficient (Wildman–Crippen LogP) is 3.74. The van der Waals surface area contributed by atoms with Crippen molar-refractivity contribution in [3.63, 3.8) is 0 Å². The van der Waals surface area contributed by atoms with Crippen LogP contribution >= 0.6 is 0 Å². The summed E-state index contributed by atoms with van der Waals surface area (Å²) in [6.07, 6.45) is 0. The zero-order valence-corrected chi connectivity index (χ0v) is 15.6. The lowest BCUT2D eigenvalue weighted by molar-refractivity contribution is 0.397. The molecule has 27 heavy (non-hydrogen) atoms. The van der Waals surface area contributed by atoms with Crippen LogP contribution in [-0.2, 0) is 10.0 Å². The van der Waals surface area contributed by atoms with Crippen molar-refractivity contribution in [1.82, 2.24) is 4.98 Å². The number of nitriles is 1. The van der Waals surface area contributed by atoms with Gasteiger partial charge in [0.2, 0.25) is 5.88 Å². The number of anilines is 1. The minimum Gasteiger partial charge on any atom is -0.480 e. The topological polar surface area (TPSA) is 92.1 Å². The molecule has 0 aliphatic heterocycles. The summed E-state index contributed by atoms with van der Waals surface area (Å²) in [7, 11) is -2.42. The van der Waals surface area contributed by atoms with Gasteiger partial charge in [0, 0.05) is 5.56 Å². The molecule has 1 heterocycles. The Morgan fingerprint density at radius 1 is 1.07 bits per heavy atom. The summed E-state index contributed by atoms with van der Waals surface area (Å²) in [6.45, 7) is 1.95. The summed E-state index contributed by atoms with van der Waals surface area (Å²) >= 11 is 0. The van der Waals surface area contributed by atoms with Crippen LogP contribution in [0.5, 0.6) is 5.88 Å². The van der Waals surface area contributed by atoms with Gasteiger partial charge in [-0.15, -0.1) is 0 Å².